The molecule has 0 aromatic heterocycles. The summed E-state index contributed by atoms with van der Waals surface area (Å²) in [7, 11) is 0. The fourth-order valence-electron chi connectivity index (χ4n) is 2.36. The predicted octanol–water partition coefficient (Wildman–Crippen LogP) is 1.90. The topological polar surface area (TPSA) is 32.3 Å². The monoisotopic (exact) mass is 219 g/mol. The normalized spacial score (nSPS) is 17.4. The first-order valence-electron chi connectivity index (χ1n) is 6.27. The zero-order valence-electron chi connectivity index (χ0n) is 9.95. The van der Waals surface area contributed by atoms with Gasteiger partial charge in [0.15, 0.2) is 0 Å². The highest BCUT2D eigenvalue weighted by atomic mass is 16.3. The fourth-order valence-corrected chi connectivity index (χ4v) is 2.36. The molecule has 0 radical (unpaired) electrons. The van der Waals surface area contributed by atoms with Crippen LogP contribution in [0.2, 0.25) is 0 Å². The lowest BCUT2D eigenvalue weighted by Gasteiger charge is -2.13. The molecular weight excluding hydrogens is 198 g/mol. The smallest absolute Gasteiger partial charge is 0.0549 e. The van der Waals surface area contributed by atoms with Crippen LogP contribution in [0.15, 0.2) is 24.3 Å². The summed E-state index contributed by atoms with van der Waals surface area (Å²) in [5.74, 6) is 0. The first kappa shape index (κ1) is 11.6. The van der Waals surface area contributed by atoms with Crippen molar-refractivity contribution in [2.75, 3.05) is 6.54 Å². The highest BCUT2D eigenvalue weighted by Crippen LogP contribution is 2.21. The van der Waals surface area contributed by atoms with Crippen molar-refractivity contribution in [1.29, 1.82) is 0 Å². The molecule has 1 atom stereocenters. The first-order valence-corrected chi connectivity index (χ1v) is 6.27. The number of aliphatic hydroxyl groups is 1. The van der Waals surface area contributed by atoms with E-state index in [1.807, 2.05) is 6.92 Å². The second-order valence-corrected chi connectivity index (χ2v) is 4.68. The van der Waals surface area contributed by atoms with Crippen LogP contribution < -0.4 is 5.32 Å². The van der Waals surface area contributed by atoms with Crippen molar-refractivity contribution >= 4 is 0 Å². The van der Waals surface area contributed by atoms with Crippen LogP contribution >= 0.6 is 0 Å². The van der Waals surface area contributed by atoms with Gasteiger partial charge in [-0.3, -0.25) is 0 Å². The van der Waals surface area contributed by atoms with E-state index in [0.717, 1.165) is 32.2 Å². The largest absolute Gasteiger partial charge is 0.393 e. The standard InChI is InChI=1S/C14H21NO/c1-2-14(16)7-8-15-13-9-11-5-3-4-6-12(11)10-13/h3-6,13-16H,2,7-10H2,1H3. The summed E-state index contributed by atoms with van der Waals surface area (Å²) < 4.78 is 0. The molecule has 2 rings (SSSR count). The Morgan fingerprint density at radius 1 is 1.31 bits per heavy atom. The first-order chi connectivity index (χ1) is 7.79. The van der Waals surface area contributed by atoms with E-state index >= 15 is 0 Å². The van der Waals surface area contributed by atoms with Crippen molar-refractivity contribution < 1.29 is 5.11 Å². The maximum atomic E-state index is 9.47. The van der Waals surface area contributed by atoms with Gasteiger partial charge in [0, 0.05) is 6.04 Å². The molecule has 88 valence electrons. The number of benzene rings is 1. The van der Waals surface area contributed by atoms with Gasteiger partial charge in [0.1, 0.15) is 0 Å². The molecule has 1 aromatic rings. The van der Waals surface area contributed by atoms with E-state index in [-0.39, 0.29) is 6.10 Å². The lowest BCUT2D eigenvalue weighted by Crippen LogP contribution is -2.32. The Hall–Kier alpha value is -0.860. The molecule has 2 heteroatoms. The number of nitrogens with one attached hydrogen (secondary N) is 1. The van der Waals surface area contributed by atoms with Gasteiger partial charge >= 0.3 is 0 Å². The van der Waals surface area contributed by atoms with E-state index in [0.29, 0.717) is 6.04 Å². The zero-order chi connectivity index (χ0) is 11.4. The van der Waals surface area contributed by atoms with Gasteiger partial charge < -0.3 is 10.4 Å². The van der Waals surface area contributed by atoms with E-state index in [2.05, 4.69) is 29.6 Å². The van der Waals surface area contributed by atoms with Crippen molar-refractivity contribution in [2.24, 2.45) is 0 Å². The fraction of sp³-hybridized carbons (Fsp3) is 0.571. The molecule has 1 aliphatic rings. The van der Waals surface area contributed by atoms with Crippen molar-refractivity contribution in [3.05, 3.63) is 35.4 Å². The lowest BCUT2D eigenvalue weighted by molar-refractivity contribution is 0.158. The molecule has 1 unspecified atom stereocenters. The van der Waals surface area contributed by atoms with Crippen LogP contribution in [0.5, 0.6) is 0 Å². The second-order valence-electron chi connectivity index (χ2n) is 4.68. The molecule has 0 amide bonds. The third-order valence-electron chi connectivity index (χ3n) is 3.43. The van der Waals surface area contributed by atoms with Gasteiger partial charge in [0.05, 0.1) is 6.10 Å². The van der Waals surface area contributed by atoms with E-state index in [1.54, 1.807) is 0 Å². The zero-order valence-corrected chi connectivity index (χ0v) is 9.95. The highest BCUT2D eigenvalue weighted by molar-refractivity contribution is 5.33. The van der Waals surface area contributed by atoms with Crippen molar-refractivity contribution in [1.82, 2.24) is 5.32 Å². The molecule has 0 heterocycles. The Labute approximate surface area is 97.7 Å². The van der Waals surface area contributed by atoms with Gasteiger partial charge in [0.2, 0.25) is 0 Å². The summed E-state index contributed by atoms with van der Waals surface area (Å²) in [4.78, 5) is 0. The number of hydrogen-bond acceptors (Lipinski definition) is 2. The minimum Gasteiger partial charge on any atom is -0.393 e. The molecule has 1 aliphatic carbocycles. The van der Waals surface area contributed by atoms with Gasteiger partial charge in [-0.15, -0.1) is 0 Å². The molecule has 2 nitrogen and oxygen atoms in total. The number of aliphatic hydroxyl groups excluding tert-OH is 1. The summed E-state index contributed by atoms with van der Waals surface area (Å²) in [5.41, 5.74) is 2.96. The summed E-state index contributed by atoms with van der Waals surface area (Å²) in [6, 6.07) is 9.24. The predicted molar refractivity (Wildman–Crippen MR) is 66.6 cm³/mol. The van der Waals surface area contributed by atoms with E-state index in [9.17, 15) is 5.11 Å². The number of fused-ring (bicyclic) bond motifs is 1. The van der Waals surface area contributed by atoms with E-state index in [1.165, 1.54) is 11.1 Å². The maximum absolute atomic E-state index is 9.47. The molecule has 16 heavy (non-hydrogen) atoms. The summed E-state index contributed by atoms with van der Waals surface area (Å²) >= 11 is 0. The Morgan fingerprint density at radius 3 is 2.50 bits per heavy atom. The van der Waals surface area contributed by atoms with Crippen LogP contribution in [0.3, 0.4) is 0 Å². The van der Waals surface area contributed by atoms with Crippen molar-refractivity contribution in [3.8, 4) is 0 Å². The quantitative estimate of drug-likeness (QED) is 0.793. The lowest BCUT2D eigenvalue weighted by atomic mass is 10.1. The van der Waals surface area contributed by atoms with Crippen molar-refractivity contribution in [2.45, 2.75) is 44.8 Å². The minimum atomic E-state index is -0.142. The Balaban J connectivity index is 1.75. The average molecular weight is 219 g/mol. The van der Waals surface area contributed by atoms with Crippen LogP contribution in [0.1, 0.15) is 30.9 Å². The SMILES string of the molecule is CCC(O)CCNC1Cc2ccccc2C1. The molecule has 0 aliphatic heterocycles. The molecule has 2 N–H and O–H groups in total. The highest BCUT2D eigenvalue weighted by Gasteiger charge is 2.19. The molecule has 0 spiro atoms. The van der Waals surface area contributed by atoms with Crippen LogP contribution in [-0.2, 0) is 12.8 Å². The number of rotatable bonds is 5. The molecule has 0 fully saturated rings. The van der Waals surface area contributed by atoms with E-state index in [4.69, 9.17) is 0 Å². The van der Waals surface area contributed by atoms with Crippen molar-refractivity contribution in [3.63, 3.8) is 0 Å². The molecule has 0 bridgehead atoms. The third kappa shape index (κ3) is 2.83. The molecule has 0 saturated carbocycles. The van der Waals surface area contributed by atoms with Gasteiger partial charge in [-0.1, -0.05) is 31.2 Å². The van der Waals surface area contributed by atoms with E-state index < -0.39 is 0 Å². The van der Waals surface area contributed by atoms with Crippen LogP contribution in [0, 0.1) is 0 Å². The number of hydrogen-bond donors (Lipinski definition) is 2. The Bertz CT molecular complexity index is 312. The molecule has 1 aromatic carbocycles. The second kappa shape index (κ2) is 5.46. The van der Waals surface area contributed by atoms with Crippen LogP contribution in [-0.4, -0.2) is 23.8 Å². The van der Waals surface area contributed by atoms with Gasteiger partial charge in [-0.05, 0) is 43.4 Å². The van der Waals surface area contributed by atoms with Gasteiger partial charge in [0.25, 0.3) is 0 Å². The van der Waals surface area contributed by atoms with Crippen LogP contribution in [0.25, 0.3) is 0 Å². The third-order valence-corrected chi connectivity index (χ3v) is 3.43. The Kier molecular flexibility index (Phi) is 3.97. The van der Waals surface area contributed by atoms with Gasteiger partial charge in [-0.2, -0.15) is 0 Å². The summed E-state index contributed by atoms with van der Waals surface area (Å²) in [5, 5.41) is 13.0. The summed E-state index contributed by atoms with van der Waals surface area (Å²) in [6.07, 6.45) is 3.85. The maximum Gasteiger partial charge on any atom is 0.0549 e. The Morgan fingerprint density at radius 2 is 1.94 bits per heavy atom. The summed E-state index contributed by atoms with van der Waals surface area (Å²) in [6.45, 7) is 2.95. The minimum absolute atomic E-state index is 0.142. The van der Waals surface area contributed by atoms with Gasteiger partial charge in [-0.25, -0.2) is 0 Å². The van der Waals surface area contributed by atoms with Crippen LogP contribution in [0.4, 0.5) is 0 Å². The average Bonchev–Trinajstić information content (AvgIpc) is 2.71. The molecule has 0 saturated heterocycles. The molecular formula is C14H21NO.